The van der Waals surface area contributed by atoms with Gasteiger partial charge in [0.15, 0.2) is 13.9 Å². The topological polar surface area (TPSA) is 82.9 Å². The number of hydrogen-bond acceptors (Lipinski definition) is 3. The molecular weight excluding hydrogens is 320 g/mol. The standard InChI is InChI=1S/C18H34N2O3Si/c1-16(2,3)15(21)14(20-19)18(22)12-10-9-11-13(18)23-24(7,8)17(4,5)6/h13,22H,9-12H2,1-8H3/t13-,18+/m0/s1. The molecule has 0 aliphatic heterocycles. The Labute approximate surface area is 147 Å². The fourth-order valence-corrected chi connectivity index (χ4v) is 4.15. The predicted molar refractivity (Wildman–Crippen MR) is 98.6 cm³/mol. The Bertz CT molecular complexity index is 539. The highest BCUT2D eigenvalue weighted by atomic mass is 28.4. The number of aliphatic hydroxyl groups is 1. The van der Waals surface area contributed by atoms with Crippen molar-refractivity contribution in [3.63, 3.8) is 0 Å². The van der Waals surface area contributed by atoms with Gasteiger partial charge in [-0.3, -0.25) is 4.79 Å². The van der Waals surface area contributed by atoms with Gasteiger partial charge in [0.25, 0.3) is 0 Å². The van der Waals surface area contributed by atoms with Crippen molar-refractivity contribution in [2.75, 3.05) is 0 Å². The molecule has 138 valence electrons. The Morgan fingerprint density at radius 3 is 2.17 bits per heavy atom. The van der Waals surface area contributed by atoms with Gasteiger partial charge in [-0.05, 0) is 37.4 Å². The molecule has 6 heteroatoms. The van der Waals surface area contributed by atoms with E-state index in [1.54, 1.807) is 20.8 Å². The molecule has 0 radical (unpaired) electrons. The van der Waals surface area contributed by atoms with Crippen LogP contribution in [0.15, 0.2) is 0 Å². The molecule has 5 nitrogen and oxygen atoms in total. The monoisotopic (exact) mass is 354 g/mol. The number of carbonyl (C=O) groups excluding carboxylic acids is 1. The number of nitrogens with zero attached hydrogens (tertiary/aromatic N) is 2. The number of ketones is 1. The summed E-state index contributed by atoms with van der Waals surface area (Å²) in [5.74, 6) is -0.335. The lowest BCUT2D eigenvalue weighted by molar-refractivity contribution is -0.133. The third kappa shape index (κ3) is 4.23. The minimum atomic E-state index is -2.13. The van der Waals surface area contributed by atoms with Crippen LogP contribution in [0.4, 0.5) is 0 Å². The lowest BCUT2D eigenvalue weighted by Crippen LogP contribution is -2.60. The van der Waals surface area contributed by atoms with E-state index in [2.05, 4.69) is 38.7 Å². The van der Waals surface area contributed by atoms with Crippen LogP contribution in [0.1, 0.15) is 67.2 Å². The van der Waals surface area contributed by atoms with Gasteiger partial charge in [0.1, 0.15) is 0 Å². The summed E-state index contributed by atoms with van der Waals surface area (Å²) in [4.78, 5) is 16.0. The first kappa shape index (κ1) is 21.2. The van der Waals surface area contributed by atoms with Crippen molar-refractivity contribution in [3.05, 3.63) is 5.53 Å². The molecule has 24 heavy (non-hydrogen) atoms. The molecule has 0 heterocycles. The van der Waals surface area contributed by atoms with Gasteiger partial charge < -0.3 is 15.1 Å². The van der Waals surface area contributed by atoms with Crippen LogP contribution in [0.5, 0.6) is 0 Å². The zero-order valence-electron chi connectivity index (χ0n) is 16.6. The van der Waals surface area contributed by atoms with Crippen molar-refractivity contribution < 1.29 is 19.1 Å². The van der Waals surface area contributed by atoms with E-state index >= 15 is 0 Å². The first-order chi connectivity index (χ1) is 10.7. The lowest BCUT2D eigenvalue weighted by atomic mass is 9.73. The fraction of sp³-hybridized carbons (Fsp3) is 0.889. The predicted octanol–water partition coefficient (Wildman–Crippen LogP) is 3.97. The van der Waals surface area contributed by atoms with Gasteiger partial charge in [0.05, 0.1) is 6.10 Å². The summed E-state index contributed by atoms with van der Waals surface area (Å²) >= 11 is 0. The summed E-state index contributed by atoms with van der Waals surface area (Å²) in [6, 6.07) is 0. The van der Waals surface area contributed by atoms with E-state index in [-0.39, 0.29) is 16.5 Å². The van der Waals surface area contributed by atoms with Gasteiger partial charge in [-0.15, -0.1) is 0 Å². The van der Waals surface area contributed by atoms with Gasteiger partial charge in [0, 0.05) is 5.41 Å². The Balaban J connectivity index is 3.25. The molecule has 1 aliphatic rings. The van der Waals surface area contributed by atoms with Crippen LogP contribution in [0.2, 0.25) is 18.1 Å². The highest BCUT2D eigenvalue weighted by Crippen LogP contribution is 2.42. The Kier molecular flexibility index (Phi) is 6.04. The second kappa shape index (κ2) is 6.83. The van der Waals surface area contributed by atoms with E-state index in [1.165, 1.54) is 0 Å². The molecule has 2 atom stereocenters. The Morgan fingerprint density at radius 2 is 1.75 bits per heavy atom. The molecule has 0 aromatic carbocycles. The molecule has 0 unspecified atom stereocenters. The maximum Gasteiger partial charge on any atom is 0.368 e. The summed E-state index contributed by atoms with van der Waals surface area (Å²) in [5.41, 5.74) is 7.11. The maximum absolute atomic E-state index is 12.7. The summed E-state index contributed by atoms with van der Waals surface area (Å²) in [7, 11) is -2.13. The first-order valence-electron chi connectivity index (χ1n) is 8.84. The second-order valence-corrected chi connectivity index (χ2v) is 14.3. The number of hydrogen-bond donors (Lipinski definition) is 1. The van der Waals surface area contributed by atoms with Crippen LogP contribution in [0.3, 0.4) is 0 Å². The molecule has 0 saturated heterocycles. The van der Waals surface area contributed by atoms with Crippen molar-refractivity contribution >= 4 is 19.8 Å². The molecule has 0 bridgehead atoms. The van der Waals surface area contributed by atoms with Gasteiger partial charge in [-0.25, -0.2) is 0 Å². The fourth-order valence-electron chi connectivity index (χ4n) is 2.77. The van der Waals surface area contributed by atoms with Crippen molar-refractivity contribution in [1.29, 1.82) is 0 Å². The Hall–Kier alpha value is -0.813. The van der Waals surface area contributed by atoms with E-state index in [4.69, 9.17) is 4.43 Å². The van der Waals surface area contributed by atoms with Crippen molar-refractivity contribution in [3.8, 4) is 0 Å². The van der Waals surface area contributed by atoms with Crippen molar-refractivity contribution in [1.82, 2.24) is 0 Å². The second-order valence-electron chi connectivity index (χ2n) is 9.56. The highest BCUT2D eigenvalue weighted by molar-refractivity contribution is 6.74. The molecule has 1 rings (SSSR count). The summed E-state index contributed by atoms with van der Waals surface area (Å²) in [5, 5.41) is 11.3. The molecule has 0 spiro atoms. The van der Waals surface area contributed by atoms with Crippen molar-refractivity contribution in [2.24, 2.45) is 5.41 Å². The SMILES string of the molecule is CC(C)(C)C(=O)C(=[N+]=[N-])[C@@]1(O)CCCC[C@@H]1O[Si](C)(C)C(C)(C)C. The molecule has 1 aliphatic carbocycles. The average Bonchev–Trinajstić information content (AvgIpc) is 2.39. The zero-order chi connectivity index (χ0) is 19.0. The van der Waals surface area contributed by atoms with E-state index in [0.717, 1.165) is 12.8 Å². The van der Waals surface area contributed by atoms with Gasteiger partial charge in [-0.2, -0.15) is 4.79 Å². The van der Waals surface area contributed by atoms with Crippen LogP contribution >= 0.6 is 0 Å². The first-order valence-corrected chi connectivity index (χ1v) is 11.7. The van der Waals surface area contributed by atoms with Gasteiger partial charge >= 0.3 is 5.71 Å². The van der Waals surface area contributed by atoms with Crippen LogP contribution in [-0.4, -0.2) is 41.4 Å². The van der Waals surface area contributed by atoms with Crippen LogP contribution < -0.4 is 0 Å². The highest BCUT2D eigenvalue weighted by Gasteiger charge is 2.56. The molecule has 0 amide bonds. The number of Topliss-reactive ketones (excluding diaryl/α,β-unsaturated/α-hetero) is 1. The molecule has 1 fully saturated rings. The van der Waals surface area contributed by atoms with E-state index in [1.807, 2.05) is 0 Å². The van der Waals surface area contributed by atoms with Crippen LogP contribution in [-0.2, 0) is 9.22 Å². The largest absolute Gasteiger partial charge is 0.410 e. The summed E-state index contributed by atoms with van der Waals surface area (Å²) in [6.07, 6.45) is 2.26. The molecular formula is C18H34N2O3Si. The number of carbonyl (C=O) groups is 1. The van der Waals surface area contributed by atoms with E-state index in [0.29, 0.717) is 12.8 Å². The third-order valence-corrected chi connectivity index (χ3v) is 9.94. The van der Waals surface area contributed by atoms with Crippen LogP contribution in [0.25, 0.3) is 5.53 Å². The third-order valence-electron chi connectivity index (χ3n) is 5.46. The molecule has 0 aromatic heterocycles. The molecule has 1 saturated carbocycles. The van der Waals surface area contributed by atoms with Gasteiger partial charge in [0.2, 0.25) is 5.78 Å². The lowest BCUT2D eigenvalue weighted by Gasteiger charge is -2.45. The summed E-state index contributed by atoms with van der Waals surface area (Å²) < 4.78 is 6.45. The molecule has 1 N–H and O–H groups in total. The van der Waals surface area contributed by atoms with E-state index in [9.17, 15) is 15.4 Å². The minimum absolute atomic E-state index is 0.00405. The average molecular weight is 355 g/mol. The smallest absolute Gasteiger partial charge is 0.368 e. The quantitative estimate of drug-likeness (QED) is 0.359. The maximum atomic E-state index is 12.7. The van der Waals surface area contributed by atoms with Crippen LogP contribution in [0, 0.1) is 5.41 Å². The minimum Gasteiger partial charge on any atom is -0.410 e. The normalized spacial score (nSPS) is 26.0. The zero-order valence-corrected chi connectivity index (χ0v) is 17.6. The van der Waals surface area contributed by atoms with Gasteiger partial charge in [-0.1, -0.05) is 48.0 Å². The van der Waals surface area contributed by atoms with E-state index < -0.39 is 25.4 Å². The molecule has 0 aromatic rings. The van der Waals surface area contributed by atoms with Crippen molar-refractivity contribution in [2.45, 2.75) is 97.1 Å². The Morgan fingerprint density at radius 1 is 1.21 bits per heavy atom. The summed E-state index contributed by atoms with van der Waals surface area (Å²) in [6.45, 7) is 16.0. The number of rotatable bonds is 4.